The molecule has 2 aromatic carbocycles. The highest BCUT2D eigenvalue weighted by Gasteiger charge is 2.08. The number of rotatable bonds is 7. The summed E-state index contributed by atoms with van der Waals surface area (Å²) in [5, 5.41) is 2.98. The van der Waals surface area contributed by atoms with Crippen LogP contribution in [0, 0.1) is 0 Å². The van der Waals surface area contributed by atoms with Crippen LogP contribution in [0.1, 0.15) is 29.8 Å². The third-order valence-corrected chi connectivity index (χ3v) is 3.38. The number of hydrogen-bond donors (Lipinski definition) is 1. The van der Waals surface area contributed by atoms with Gasteiger partial charge in [0.05, 0.1) is 17.9 Å². The van der Waals surface area contributed by atoms with Crippen LogP contribution in [0.25, 0.3) is 6.08 Å². The Morgan fingerprint density at radius 1 is 1.08 bits per heavy atom. The van der Waals surface area contributed by atoms with Crippen LogP contribution in [-0.2, 0) is 0 Å². The lowest BCUT2D eigenvalue weighted by molar-refractivity contribution is 0.104. The van der Waals surface area contributed by atoms with Gasteiger partial charge in [0.2, 0.25) is 5.43 Å². The Bertz CT molecular complexity index is 780. The average Bonchev–Trinajstić information content (AvgIpc) is 2.77. The molecule has 2 aromatic rings. The van der Waals surface area contributed by atoms with Crippen LogP contribution in [0.2, 0.25) is 0 Å². The van der Waals surface area contributed by atoms with Gasteiger partial charge in [-0.25, -0.2) is 0 Å². The second kappa shape index (κ2) is 8.67. The highest BCUT2D eigenvalue weighted by Crippen LogP contribution is 2.13. The van der Waals surface area contributed by atoms with Crippen LogP contribution in [0.15, 0.2) is 59.4 Å². The van der Waals surface area contributed by atoms with Crippen molar-refractivity contribution < 1.29 is 9.53 Å². The molecule has 0 spiro atoms. The van der Waals surface area contributed by atoms with Crippen LogP contribution in [-0.4, -0.2) is 18.9 Å². The zero-order valence-electron chi connectivity index (χ0n) is 13.9. The van der Waals surface area contributed by atoms with Crippen LogP contribution >= 0.6 is 0 Å². The summed E-state index contributed by atoms with van der Waals surface area (Å²) in [5.74, 6) is 0.470. The second-order valence-electron chi connectivity index (χ2n) is 5.10. The first-order valence-corrected chi connectivity index (χ1v) is 7.98. The molecule has 4 heteroatoms. The van der Waals surface area contributed by atoms with E-state index in [-0.39, 0.29) is 16.8 Å². The SMILES string of the molecule is CCNc1ccccc(C(=O)/C=C\c2ccc(OCC)cc2)c1=O. The van der Waals surface area contributed by atoms with Crippen LogP contribution in [0.4, 0.5) is 5.69 Å². The molecule has 124 valence electrons. The molecule has 2 rings (SSSR count). The molecule has 0 aliphatic carbocycles. The predicted molar refractivity (Wildman–Crippen MR) is 97.9 cm³/mol. The minimum atomic E-state index is -0.316. The lowest BCUT2D eigenvalue weighted by atomic mass is 10.1. The molecular formula is C20H21NO3. The molecule has 1 N–H and O–H groups in total. The van der Waals surface area contributed by atoms with Crippen molar-refractivity contribution in [2.45, 2.75) is 13.8 Å². The zero-order chi connectivity index (χ0) is 17.4. The van der Waals surface area contributed by atoms with Gasteiger partial charge in [-0.2, -0.15) is 0 Å². The average molecular weight is 323 g/mol. The predicted octanol–water partition coefficient (Wildman–Crippen LogP) is 3.77. The van der Waals surface area contributed by atoms with E-state index in [2.05, 4.69) is 5.32 Å². The van der Waals surface area contributed by atoms with Gasteiger partial charge in [0, 0.05) is 6.54 Å². The van der Waals surface area contributed by atoms with Gasteiger partial charge >= 0.3 is 0 Å². The van der Waals surface area contributed by atoms with Crippen LogP contribution in [0.5, 0.6) is 5.75 Å². The summed E-state index contributed by atoms with van der Waals surface area (Å²) in [7, 11) is 0. The lowest BCUT2D eigenvalue weighted by Crippen LogP contribution is -2.15. The third-order valence-electron chi connectivity index (χ3n) is 3.38. The van der Waals surface area contributed by atoms with E-state index in [9.17, 15) is 9.59 Å². The Morgan fingerprint density at radius 3 is 2.46 bits per heavy atom. The Balaban J connectivity index is 2.22. The maximum atomic E-state index is 12.4. The van der Waals surface area contributed by atoms with Gasteiger partial charge in [0.25, 0.3) is 0 Å². The van der Waals surface area contributed by atoms with Gasteiger partial charge in [0.15, 0.2) is 5.78 Å². The number of benzene rings is 1. The number of hydrogen-bond acceptors (Lipinski definition) is 4. The first-order valence-electron chi connectivity index (χ1n) is 7.98. The number of carbonyl (C=O) groups excluding carboxylic acids is 1. The van der Waals surface area contributed by atoms with Crippen molar-refractivity contribution in [3.8, 4) is 5.75 Å². The fourth-order valence-corrected chi connectivity index (χ4v) is 2.23. The molecule has 0 atom stereocenters. The molecule has 24 heavy (non-hydrogen) atoms. The van der Waals surface area contributed by atoms with Crippen molar-refractivity contribution >= 4 is 17.5 Å². The molecule has 0 aliphatic rings. The number of carbonyl (C=O) groups is 1. The minimum Gasteiger partial charge on any atom is -0.494 e. The topological polar surface area (TPSA) is 55.4 Å². The number of ether oxygens (including phenoxy) is 1. The van der Waals surface area contributed by atoms with Crippen molar-refractivity contribution in [1.29, 1.82) is 0 Å². The van der Waals surface area contributed by atoms with Gasteiger partial charge in [-0.05, 0) is 49.8 Å². The van der Waals surface area contributed by atoms with Gasteiger partial charge < -0.3 is 10.1 Å². The fourth-order valence-electron chi connectivity index (χ4n) is 2.23. The molecule has 0 fully saturated rings. The number of allylic oxidation sites excluding steroid dienone is 1. The quantitative estimate of drug-likeness (QED) is 0.622. The molecule has 0 saturated carbocycles. The van der Waals surface area contributed by atoms with Crippen molar-refractivity contribution in [2.24, 2.45) is 0 Å². The van der Waals surface area contributed by atoms with E-state index in [1.54, 1.807) is 30.3 Å². The molecular weight excluding hydrogens is 302 g/mol. The van der Waals surface area contributed by atoms with Gasteiger partial charge in [-0.15, -0.1) is 0 Å². The van der Waals surface area contributed by atoms with E-state index >= 15 is 0 Å². The molecule has 0 aliphatic heterocycles. The highest BCUT2D eigenvalue weighted by molar-refractivity contribution is 6.07. The number of anilines is 1. The maximum absolute atomic E-state index is 12.4. The van der Waals surface area contributed by atoms with Crippen molar-refractivity contribution in [3.05, 3.63) is 76.0 Å². The van der Waals surface area contributed by atoms with Crippen molar-refractivity contribution in [3.63, 3.8) is 0 Å². The summed E-state index contributed by atoms with van der Waals surface area (Å²) in [6.45, 7) is 5.06. The standard InChI is InChI=1S/C20H21NO3/c1-3-21-18-8-6-5-7-17(20(18)23)19(22)14-11-15-9-12-16(13-10-15)24-4-2/h5-14H,3-4H2,1-2H3,(H,21,23)/b14-11-. The Morgan fingerprint density at radius 2 is 1.79 bits per heavy atom. The summed E-state index contributed by atoms with van der Waals surface area (Å²) < 4.78 is 5.38. The van der Waals surface area contributed by atoms with Crippen molar-refractivity contribution in [2.75, 3.05) is 18.5 Å². The van der Waals surface area contributed by atoms with Crippen LogP contribution in [0.3, 0.4) is 0 Å². The van der Waals surface area contributed by atoms with Crippen molar-refractivity contribution in [1.82, 2.24) is 0 Å². The molecule has 0 heterocycles. The monoisotopic (exact) mass is 323 g/mol. The number of ketones is 1. The smallest absolute Gasteiger partial charge is 0.212 e. The number of nitrogens with one attached hydrogen (secondary N) is 1. The van der Waals surface area contributed by atoms with E-state index in [0.717, 1.165) is 11.3 Å². The van der Waals surface area contributed by atoms with E-state index < -0.39 is 0 Å². The van der Waals surface area contributed by atoms with E-state index in [4.69, 9.17) is 4.74 Å². The minimum absolute atomic E-state index is 0.151. The lowest BCUT2D eigenvalue weighted by Gasteiger charge is -2.02. The second-order valence-corrected chi connectivity index (χ2v) is 5.10. The Labute approximate surface area is 141 Å². The summed E-state index contributed by atoms with van der Waals surface area (Å²) in [6.07, 6.45) is 3.11. The largest absolute Gasteiger partial charge is 0.494 e. The molecule has 0 unspecified atom stereocenters. The maximum Gasteiger partial charge on any atom is 0.212 e. The van der Waals surface area contributed by atoms with Gasteiger partial charge in [-0.1, -0.05) is 30.3 Å². The summed E-state index contributed by atoms with van der Waals surface area (Å²) in [5.41, 5.74) is 1.16. The van der Waals surface area contributed by atoms with E-state index in [1.165, 1.54) is 6.08 Å². The van der Waals surface area contributed by atoms with E-state index in [1.807, 2.05) is 38.1 Å². The van der Waals surface area contributed by atoms with Gasteiger partial charge in [-0.3, -0.25) is 9.59 Å². The first-order chi connectivity index (χ1) is 11.7. The van der Waals surface area contributed by atoms with E-state index in [0.29, 0.717) is 18.8 Å². The molecule has 0 aromatic heterocycles. The fraction of sp³-hybridized carbons (Fsp3) is 0.200. The summed E-state index contributed by atoms with van der Waals surface area (Å²) in [4.78, 5) is 24.8. The molecule has 0 amide bonds. The normalized spacial score (nSPS) is 10.6. The summed E-state index contributed by atoms with van der Waals surface area (Å²) >= 11 is 0. The first kappa shape index (κ1) is 17.5. The molecule has 0 radical (unpaired) electrons. The zero-order valence-corrected chi connectivity index (χ0v) is 13.9. The Hall–Kier alpha value is -2.88. The molecule has 0 bridgehead atoms. The summed E-state index contributed by atoms with van der Waals surface area (Å²) in [6, 6.07) is 14.1. The third kappa shape index (κ3) is 4.56. The molecule has 0 saturated heterocycles. The highest BCUT2D eigenvalue weighted by atomic mass is 16.5. The van der Waals surface area contributed by atoms with Gasteiger partial charge in [0.1, 0.15) is 5.75 Å². The Kier molecular flexibility index (Phi) is 6.32. The van der Waals surface area contributed by atoms with Crippen LogP contribution < -0.4 is 15.5 Å². The molecule has 4 nitrogen and oxygen atoms in total.